The van der Waals surface area contributed by atoms with Crippen LogP contribution in [0.15, 0.2) is 41.6 Å². The van der Waals surface area contributed by atoms with E-state index in [0.717, 1.165) is 22.4 Å². The molecular formula is C15H21N3S. The van der Waals surface area contributed by atoms with Gasteiger partial charge in [0.1, 0.15) is 5.03 Å². The number of para-hydroxylation sites is 1. The standard InChI is InChI=1S/C15H21N3S/c1-13(2)8-6-7-11-19-15-12-16-17-18(15)14-9-4-3-5-10-14/h3-5,9-10,12-13H,6-8,11H2,1-2H3. The molecule has 0 N–H and O–H groups in total. The lowest BCUT2D eigenvalue weighted by molar-refractivity contribution is 0.551. The van der Waals surface area contributed by atoms with Crippen molar-refractivity contribution in [2.45, 2.75) is 38.1 Å². The van der Waals surface area contributed by atoms with Crippen molar-refractivity contribution >= 4 is 11.8 Å². The van der Waals surface area contributed by atoms with E-state index in [4.69, 9.17) is 0 Å². The average Bonchev–Trinajstić information content (AvgIpc) is 2.87. The Kier molecular flexibility index (Phi) is 5.45. The van der Waals surface area contributed by atoms with Gasteiger partial charge in [0.15, 0.2) is 0 Å². The summed E-state index contributed by atoms with van der Waals surface area (Å²) in [5.74, 6) is 1.94. The Balaban J connectivity index is 1.87. The minimum Gasteiger partial charge on any atom is -0.207 e. The molecule has 3 nitrogen and oxygen atoms in total. The molecule has 2 rings (SSSR count). The van der Waals surface area contributed by atoms with Crippen LogP contribution in [0, 0.1) is 5.92 Å². The highest BCUT2D eigenvalue weighted by Crippen LogP contribution is 2.21. The summed E-state index contributed by atoms with van der Waals surface area (Å²) in [6.07, 6.45) is 5.72. The predicted octanol–water partition coefficient (Wildman–Crippen LogP) is 4.19. The lowest BCUT2D eigenvalue weighted by Gasteiger charge is -2.06. The van der Waals surface area contributed by atoms with Crippen molar-refractivity contribution in [3.05, 3.63) is 36.5 Å². The maximum absolute atomic E-state index is 4.16. The van der Waals surface area contributed by atoms with E-state index in [9.17, 15) is 0 Å². The first-order valence-electron chi connectivity index (χ1n) is 6.86. The Bertz CT molecular complexity index is 479. The summed E-state index contributed by atoms with van der Waals surface area (Å²) in [7, 11) is 0. The zero-order valence-electron chi connectivity index (χ0n) is 11.6. The second-order valence-electron chi connectivity index (χ2n) is 5.06. The summed E-state index contributed by atoms with van der Waals surface area (Å²) >= 11 is 1.84. The fourth-order valence-corrected chi connectivity index (χ4v) is 2.85. The van der Waals surface area contributed by atoms with Gasteiger partial charge in [-0.1, -0.05) is 50.1 Å². The predicted molar refractivity (Wildman–Crippen MR) is 80.8 cm³/mol. The quantitative estimate of drug-likeness (QED) is 0.561. The average molecular weight is 275 g/mol. The van der Waals surface area contributed by atoms with Crippen LogP contribution in [0.1, 0.15) is 33.1 Å². The van der Waals surface area contributed by atoms with E-state index < -0.39 is 0 Å². The summed E-state index contributed by atoms with van der Waals surface area (Å²) < 4.78 is 1.91. The summed E-state index contributed by atoms with van der Waals surface area (Å²) in [5.41, 5.74) is 1.07. The molecule has 1 aromatic heterocycles. The molecule has 1 aromatic carbocycles. The summed E-state index contributed by atoms with van der Waals surface area (Å²) in [6.45, 7) is 4.56. The van der Waals surface area contributed by atoms with E-state index in [2.05, 4.69) is 36.3 Å². The highest BCUT2D eigenvalue weighted by molar-refractivity contribution is 7.99. The number of benzene rings is 1. The topological polar surface area (TPSA) is 30.7 Å². The van der Waals surface area contributed by atoms with Crippen molar-refractivity contribution in [1.82, 2.24) is 15.0 Å². The van der Waals surface area contributed by atoms with Crippen LogP contribution >= 0.6 is 11.8 Å². The Morgan fingerprint density at radius 3 is 2.68 bits per heavy atom. The molecule has 0 saturated carbocycles. The van der Waals surface area contributed by atoms with E-state index in [-0.39, 0.29) is 0 Å². The zero-order chi connectivity index (χ0) is 13.5. The van der Waals surface area contributed by atoms with Gasteiger partial charge in [-0.15, -0.1) is 16.9 Å². The molecule has 0 bridgehead atoms. The van der Waals surface area contributed by atoms with Gasteiger partial charge in [-0.25, -0.2) is 4.68 Å². The molecule has 1 heterocycles. The Hall–Kier alpha value is -1.29. The lowest BCUT2D eigenvalue weighted by atomic mass is 10.1. The molecule has 0 spiro atoms. The van der Waals surface area contributed by atoms with Crippen LogP contribution in [-0.4, -0.2) is 20.7 Å². The number of aromatic nitrogens is 3. The first-order chi connectivity index (χ1) is 9.27. The number of rotatable bonds is 7. The molecule has 2 aromatic rings. The third kappa shape index (κ3) is 4.39. The van der Waals surface area contributed by atoms with Crippen LogP contribution < -0.4 is 0 Å². The SMILES string of the molecule is CC(C)CCCCSc1cnnn1-c1ccccc1. The second-order valence-corrected chi connectivity index (χ2v) is 6.17. The van der Waals surface area contributed by atoms with Gasteiger partial charge in [0.25, 0.3) is 0 Å². The molecule has 0 amide bonds. The smallest absolute Gasteiger partial charge is 0.120 e. The van der Waals surface area contributed by atoms with E-state index >= 15 is 0 Å². The molecular weight excluding hydrogens is 254 g/mol. The third-order valence-corrected chi connectivity index (χ3v) is 4.01. The van der Waals surface area contributed by atoms with E-state index in [1.165, 1.54) is 19.3 Å². The summed E-state index contributed by atoms with van der Waals surface area (Å²) in [5, 5.41) is 9.30. The van der Waals surface area contributed by atoms with E-state index in [1.54, 1.807) is 0 Å². The molecule has 19 heavy (non-hydrogen) atoms. The molecule has 4 heteroatoms. The first kappa shape index (κ1) is 14.1. The molecule has 0 radical (unpaired) electrons. The molecule has 0 aliphatic rings. The van der Waals surface area contributed by atoms with Crippen LogP contribution in [0.4, 0.5) is 0 Å². The van der Waals surface area contributed by atoms with Crippen molar-refractivity contribution < 1.29 is 0 Å². The van der Waals surface area contributed by atoms with Crippen molar-refractivity contribution in [2.75, 3.05) is 5.75 Å². The number of hydrogen-bond donors (Lipinski definition) is 0. The van der Waals surface area contributed by atoms with Gasteiger partial charge in [0.05, 0.1) is 11.9 Å². The van der Waals surface area contributed by atoms with Gasteiger partial charge in [-0.2, -0.15) is 0 Å². The number of unbranched alkanes of at least 4 members (excludes halogenated alkanes) is 1. The molecule has 0 fully saturated rings. The molecule has 0 aliphatic carbocycles. The molecule has 0 aliphatic heterocycles. The lowest BCUT2D eigenvalue weighted by Crippen LogP contribution is -1.98. The maximum atomic E-state index is 4.16. The number of thioether (sulfide) groups is 1. The summed E-state index contributed by atoms with van der Waals surface area (Å²) in [6, 6.07) is 10.2. The van der Waals surface area contributed by atoms with Crippen molar-refractivity contribution in [1.29, 1.82) is 0 Å². The minimum absolute atomic E-state index is 0.807. The van der Waals surface area contributed by atoms with Gasteiger partial charge in [-0.05, 0) is 30.2 Å². The van der Waals surface area contributed by atoms with Gasteiger partial charge >= 0.3 is 0 Å². The zero-order valence-corrected chi connectivity index (χ0v) is 12.4. The Labute approximate surface area is 119 Å². The maximum Gasteiger partial charge on any atom is 0.120 e. The largest absolute Gasteiger partial charge is 0.207 e. The normalized spacial score (nSPS) is 11.1. The fraction of sp³-hybridized carbons (Fsp3) is 0.467. The molecule has 0 saturated heterocycles. The first-order valence-corrected chi connectivity index (χ1v) is 7.85. The van der Waals surface area contributed by atoms with Crippen LogP contribution in [0.25, 0.3) is 5.69 Å². The van der Waals surface area contributed by atoms with Crippen molar-refractivity contribution in [3.63, 3.8) is 0 Å². The van der Waals surface area contributed by atoms with Gasteiger partial charge in [0, 0.05) is 0 Å². The minimum atomic E-state index is 0.807. The van der Waals surface area contributed by atoms with Crippen LogP contribution in [0.5, 0.6) is 0 Å². The Morgan fingerprint density at radius 1 is 1.16 bits per heavy atom. The van der Waals surface area contributed by atoms with Crippen LogP contribution in [0.3, 0.4) is 0 Å². The van der Waals surface area contributed by atoms with Crippen molar-refractivity contribution in [2.24, 2.45) is 5.92 Å². The van der Waals surface area contributed by atoms with Gasteiger partial charge < -0.3 is 0 Å². The van der Waals surface area contributed by atoms with E-state index in [1.807, 2.05) is 40.8 Å². The fourth-order valence-electron chi connectivity index (χ4n) is 1.90. The second kappa shape index (κ2) is 7.34. The number of hydrogen-bond acceptors (Lipinski definition) is 3. The number of nitrogens with zero attached hydrogens (tertiary/aromatic N) is 3. The molecule has 0 unspecified atom stereocenters. The molecule has 0 atom stereocenters. The van der Waals surface area contributed by atoms with Crippen molar-refractivity contribution in [3.8, 4) is 5.69 Å². The van der Waals surface area contributed by atoms with Gasteiger partial charge in [-0.3, -0.25) is 0 Å². The monoisotopic (exact) mass is 275 g/mol. The van der Waals surface area contributed by atoms with Gasteiger partial charge in [0.2, 0.25) is 0 Å². The van der Waals surface area contributed by atoms with Crippen LogP contribution in [0.2, 0.25) is 0 Å². The Morgan fingerprint density at radius 2 is 1.95 bits per heavy atom. The summed E-state index contributed by atoms with van der Waals surface area (Å²) in [4.78, 5) is 0. The molecule has 102 valence electrons. The van der Waals surface area contributed by atoms with Crippen LogP contribution in [-0.2, 0) is 0 Å². The highest BCUT2D eigenvalue weighted by Gasteiger charge is 2.06. The van der Waals surface area contributed by atoms with E-state index in [0.29, 0.717) is 0 Å². The third-order valence-electron chi connectivity index (χ3n) is 2.94. The highest BCUT2D eigenvalue weighted by atomic mass is 32.2.